The van der Waals surface area contributed by atoms with Gasteiger partial charge in [-0.25, -0.2) is 0 Å². The number of rotatable bonds is 1. The lowest BCUT2D eigenvalue weighted by molar-refractivity contribution is 0.478. The summed E-state index contributed by atoms with van der Waals surface area (Å²) in [5, 5.41) is 11.1. The number of hydrogen-bond acceptors (Lipinski definition) is 3. The Bertz CT molecular complexity index is 452. The van der Waals surface area contributed by atoms with Gasteiger partial charge in [0.05, 0.1) is 14.6 Å². The van der Waals surface area contributed by atoms with E-state index in [1.165, 1.54) is 11.3 Å². The smallest absolute Gasteiger partial charge is 0.138 e. The lowest BCUT2D eigenvalue weighted by Crippen LogP contribution is -1.91. The van der Waals surface area contributed by atoms with Crippen molar-refractivity contribution >= 4 is 33.0 Å². The highest BCUT2D eigenvalue weighted by Crippen LogP contribution is 2.39. The van der Waals surface area contributed by atoms with Crippen LogP contribution in [0, 0.1) is 0 Å². The van der Waals surface area contributed by atoms with Crippen LogP contribution < -0.4 is 5.73 Å². The Labute approximate surface area is 84.6 Å². The van der Waals surface area contributed by atoms with Gasteiger partial charge in [0.15, 0.2) is 0 Å². The molecule has 2 aromatic rings. The van der Waals surface area contributed by atoms with Crippen molar-refractivity contribution < 1.29 is 5.11 Å². The molecule has 0 spiro atoms. The van der Waals surface area contributed by atoms with E-state index in [2.05, 4.69) is 0 Å². The van der Waals surface area contributed by atoms with E-state index in [0.717, 1.165) is 15.0 Å². The molecule has 0 fully saturated rings. The molecule has 13 heavy (non-hydrogen) atoms. The molecule has 0 saturated heterocycles. The number of aromatic hydroxyl groups is 1. The highest BCUT2D eigenvalue weighted by atomic mass is 35.5. The van der Waals surface area contributed by atoms with Crippen LogP contribution >= 0.6 is 22.9 Å². The van der Waals surface area contributed by atoms with Crippen molar-refractivity contribution in [2.75, 3.05) is 0 Å². The summed E-state index contributed by atoms with van der Waals surface area (Å²) in [4.78, 5) is 0.781. The fourth-order valence-corrected chi connectivity index (χ4v) is 2.53. The van der Waals surface area contributed by atoms with Crippen LogP contribution in [0.4, 0.5) is 0 Å². The molecule has 0 aliphatic rings. The van der Waals surface area contributed by atoms with Crippen LogP contribution in [0.25, 0.3) is 10.1 Å². The predicted molar refractivity (Wildman–Crippen MR) is 56.4 cm³/mol. The Kier molecular flexibility index (Phi) is 2.15. The summed E-state index contributed by atoms with van der Waals surface area (Å²) in [6, 6.07) is 5.46. The van der Waals surface area contributed by atoms with E-state index in [9.17, 15) is 5.11 Å². The zero-order valence-corrected chi connectivity index (χ0v) is 8.32. The average molecular weight is 214 g/mol. The molecule has 1 heterocycles. The minimum absolute atomic E-state index is 0.269. The molecule has 0 amide bonds. The predicted octanol–water partition coefficient (Wildman–Crippen LogP) is 2.72. The highest BCUT2D eigenvalue weighted by molar-refractivity contribution is 7.20. The van der Waals surface area contributed by atoms with E-state index in [1.54, 1.807) is 6.07 Å². The fourth-order valence-electron chi connectivity index (χ4n) is 1.26. The lowest BCUT2D eigenvalue weighted by Gasteiger charge is -1.92. The molecular formula is C9H8ClNOS. The monoisotopic (exact) mass is 213 g/mol. The van der Waals surface area contributed by atoms with Crippen molar-refractivity contribution in [1.29, 1.82) is 0 Å². The Morgan fingerprint density at radius 1 is 1.46 bits per heavy atom. The van der Waals surface area contributed by atoms with Crippen LogP contribution in [-0.2, 0) is 6.54 Å². The van der Waals surface area contributed by atoms with E-state index < -0.39 is 0 Å². The van der Waals surface area contributed by atoms with Gasteiger partial charge in [0, 0.05) is 11.9 Å². The number of benzene rings is 1. The number of fused-ring (bicyclic) bond motifs is 1. The fraction of sp³-hybridized carbons (Fsp3) is 0.111. The van der Waals surface area contributed by atoms with Crippen LogP contribution in [0.5, 0.6) is 5.75 Å². The number of hydrogen-bond donors (Lipinski definition) is 2. The molecule has 4 heteroatoms. The first-order valence-corrected chi connectivity index (χ1v) is 5.02. The summed E-state index contributed by atoms with van der Waals surface area (Å²) >= 11 is 7.40. The quantitative estimate of drug-likeness (QED) is 0.765. The summed E-state index contributed by atoms with van der Waals surface area (Å²) in [7, 11) is 0. The minimum atomic E-state index is 0.269. The van der Waals surface area contributed by atoms with Gasteiger partial charge in [-0.3, -0.25) is 0 Å². The Morgan fingerprint density at radius 2 is 2.23 bits per heavy atom. The Balaban J connectivity index is 2.83. The van der Waals surface area contributed by atoms with Gasteiger partial charge in [-0.2, -0.15) is 0 Å². The van der Waals surface area contributed by atoms with E-state index in [0.29, 0.717) is 11.6 Å². The molecule has 0 saturated carbocycles. The Hall–Kier alpha value is -0.770. The van der Waals surface area contributed by atoms with Crippen molar-refractivity contribution in [3.8, 4) is 5.75 Å². The molecule has 2 rings (SSSR count). The first kappa shape index (κ1) is 8.81. The third kappa shape index (κ3) is 1.29. The van der Waals surface area contributed by atoms with Gasteiger partial charge in [-0.1, -0.05) is 17.7 Å². The molecule has 1 aromatic heterocycles. The Morgan fingerprint density at radius 3 is 2.85 bits per heavy atom. The highest BCUT2D eigenvalue weighted by Gasteiger charge is 2.11. The van der Waals surface area contributed by atoms with Crippen molar-refractivity contribution in [3.63, 3.8) is 0 Å². The summed E-state index contributed by atoms with van der Waals surface area (Å²) in [6.07, 6.45) is 0. The van der Waals surface area contributed by atoms with Crippen molar-refractivity contribution in [2.45, 2.75) is 6.54 Å². The van der Waals surface area contributed by atoms with E-state index in [4.69, 9.17) is 17.3 Å². The zero-order chi connectivity index (χ0) is 9.42. The maximum absolute atomic E-state index is 9.69. The minimum Gasteiger partial charge on any atom is -0.506 e. The lowest BCUT2D eigenvalue weighted by atomic mass is 10.2. The number of thiophene rings is 1. The standard InChI is InChI=1S/C9H8ClNOS/c10-6-3-1-2-5-8(12)7(4-11)13-9(5)6/h1-3,12H,4,11H2. The molecule has 3 N–H and O–H groups in total. The summed E-state index contributed by atoms with van der Waals surface area (Å²) < 4.78 is 0.905. The van der Waals surface area contributed by atoms with Gasteiger partial charge in [0.25, 0.3) is 0 Å². The normalized spacial score (nSPS) is 10.9. The molecule has 0 aliphatic carbocycles. The topological polar surface area (TPSA) is 46.2 Å². The van der Waals surface area contributed by atoms with Crippen LogP contribution in [0.15, 0.2) is 18.2 Å². The molecule has 0 atom stereocenters. The van der Waals surface area contributed by atoms with Gasteiger partial charge < -0.3 is 10.8 Å². The van der Waals surface area contributed by atoms with E-state index in [1.807, 2.05) is 12.1 Å². The van der Waals surface area contributed by atoms with Gasteiger partial charge >= 0.3 is 0 Å². The third-order valence-electron chi connectivity index (χ3n) is 1.90. The maximum Gasteiger partial charge on any atom is 0.138 e. The van der Waals surface area contributed by atoms with Gasteiger partial charge in [0.2, 0.25) is 0 Å². The number of halogens is 1. The van der Waals surface area contributed by atoms with E-state index >= 15 is 0 Å². The second-order valence-corrected chi connectivity index (χ2v) is 4.21. The second-order valence-electron chi connectivity index (χ2n) is 2.69. The molecule has 2 nitrogen and oxygen atoms in total. The SMILES string of the molecule is NCc1sc2c(Cl)cccc2c1O. The van der Waals surface area contributed by atoms with Crippen molar-refractivity contribution in [2.24, 2.45) is 5.73 Å². The van der Waals surface area contributed by atoms with Gasteiger partial charge in [0.1, 0.15) is 5.75 Å². The second kappa shape index (κ2) is 3.18. The maximum atomic E-state index is 9.69. The first-order chi connectivity index (χ1) is 6.24. The van der Waals surface area contributed by atoms with Crippen molar-refractivity contribution in [3.05, 3.63) is 28.1 Å². The van der Waals surface area contributed by atoms with Gasteiger partial charge in [-0.15, -0.1) is 11.3 Å². The molecular weight excluding hydrogens is 206 g/mol. The van der Waals surface area contributed by atoms with Gasteiger partial charge in [-0.05, 0) is 12.1 Å². The van der Waals surface area contributed by atoms with E-state index in [-0.39, 0.29) is 5.75 Å². The zero-order valence-electron chi connectivity index (χ0n) is 6.75. The van der Waals surface area contributed by atoms with Crippen LogP contribution in [-0.4, -0.2) is 5.11 Å². The molecule has 0 unspecified atom stereocenters. The summed E-state index contributed by atoms with van der Waals surface area (Å²) in [5.41, 5.74) is 5.47. The van der Waals surface area contributed by atoms with Crippen LogP contribution in [0.2, 0.25) is 5.02 Å². The molecule has 68 valence electrons. The molecule has 0 aliphatic heterocycles. The molecule has 0 radical (unpaired) electrons. The largest absolute Gasteiger partial charge is 0.506 e. The first-order valence-electron chi connectivity index (χ1n) is 3.83. The third-order valence-corrected chi connectivity index (χ3v) is 3.57. The average Bonchev–Trinajstić information content (AvgIpc) is 2.45. The molecule has 1 aromatic carbocycles. The van der Waals surface area contributed by atoms with Crippen LogP contribution in [0.1, 0.15) is 4.88 Å². The summed E-state index contributed by atoms with van der Waals surface area (Å²) in [5.74, 6) is 0.269. The van der Waals surface area contributed by atoms with Crippen LogP contribution in [0.3, 0.4) is 0 Å². The summed E-state index contributed by atoms with van der Waals surface area (Å²) in [6.45, 7) is 0.349. The van der Waals surface area contributed by atoms with Crippen molar-refractivity contribution in [1.82, 2.24) is 0 Å². The molecule has 0 bridgehead atoms. The number of nitrogens with two attached hydrogens (primary N) is 1.